The second kappa shape index (κ2) is 7.39. The minimum absolute atomic E-state index is 0.0618. The second-order valence-electron chi connectivity index (χ2n) is 4.99. The number of carbonyl (C=O) groups is 2. The number of carboxylic acids is 1. The molecule has 2 aromatic rings. The van der Waals surface area contributed by atoms with Crippen LogP contribution in [0.15, 0.2) is 28.8 Å². The van der Waals surface area contributed by atoms with Gasteiger partial charge in [0.25, 0.3) is 5.91 Å². The van der Waals surface area contributed by atoms with Crippen LogP contribution in [0.5, 0.6) is 5.75 Å². The molecule has 0 aliphatic carbocycles. The molecule has 1 heterocycles. The molecule has 2 N–H and O–H groups in total. The van der Waals surface area contributed by atoms with Crippen LogP contribution in [0.2, 0.25) is 0 Å². The highest BCUT2D eigenvalue weighted by Gasteiger charge is 2.16. The third-order valence-corrected chi connectivity index (χ3v) is 2.92. The van der Waals surface area contributed by atoms with Crippen molar-refractivity contribution in [2.75, 3.05) is 0 Å². The lowest BCUT2D eigenvalue weighted by Gasteiger charge is -2.14. The van der Waals surface area contributed by atoms with Crippen LogP contribution in [0, 0.1) is 6.92 Å². The molecule has 1 amide bonds. The highest BCUT2D eigenvalue weighted by atomic mass is 16.5. The number of carboxylic acid groups (broad SMARTS) is 1. The van der Waals surface area contributed by atoms with Crippen molar-refractivity contribution >= 4 is 11.9 Å². The van der Waals surface area contributed by atoms with E-state index in [9.17, 15) is 9.59 Å². The summed E-state index contributed by atoms with van der Waals surface area (Å²) in [5.41, 5.74) is 0.310. The molecule has 122 valence electrons. The minimum atomic E-state index is -0.977. The Morgan fingerprint density at radius 1 is 1.39 bits per heavy atom. The van der Waals surface area contributed by atoms with Crippen LogP contribution in [-0.4, -0.2) is 33.2 Å². The van der Waals surface area contributed by atoms with E-state index >= 15 is 0 Å². The van der Waals surface area contributed by atoms with Crippen molar-refractivity contribution in [2.45, 2.75) is 32.9 Å². The first-order valence-corrected chi connectivity index (χ1v) is 6.99. The minimum Gasteiger partial charge on any atom is -0.485 e. The number of aryl methyl sites for hydroxylation is 1. The summed E-state index contributed by atoms with van der Waals surface area (Å²) >= 11 is 0. The Kier molecular flexibility index (Phi) is 5.29. The Labute approximate surface area is 132 Å². The smallest absolute Gasteiger partial charge is 0.305 e. The lowest BCUT2D eigenvalue weighted by atomic mass is 10.1. The molecule has 0 radical (unpaired) electrons. The van der Waals surface area contributed by atoms with Crippen LogP contribution in [-0.2, 0) is 11.4 Å². The SMILES string of the molecule is Cc1nc(COc2ccccc2C(=O)NC(C)CC(=O)O)no1. The lowest BCUT2D eigenvalue weighted by molar-refractivity contribution is -0.137. The molecular formula is C15H17N3O5. The first-order valence-electron chi connectivity index (χ1n) is 6.99. The zero-order valence-corrected chi connectivity index (χ0v) is 12.8. The van der Waals surface area contributed by atoms with Gasteiger partial charge in [-0.2, -0.15) is 4.98 Å². The third-order valence-electron chi connectivity index (χ3n) is 2.92. The number of hydrogen-bond donors (Lipinski definition) is 2. The van der Waals surface area contributed by atoms with E-state index in [0.717, 1.165) is 0 Å². The number of rotatable bonds is 7. The third kappa shape index (κ3) is 4.80. The van der Waals surface area contributed by atoms with Gasteiger partial charge in [0, 0.05) is 13.0 Å². The van der Waals surface area contributed by atoms with E-state index in [1.807, 2.05) is 0 Å². The van der Waals surface area contributed by atoms with Crippen molar-refractivity contribution in [1.29, 1.82) is 0 Å². The molecule has 1 unspecified atom stereocenters. The van der Waals surface area contributed by atoms with E-state index in [4.69, 9.17) is 14.4 Å². The van der Waals surface area contributed by atoms with E-state index in [1.54, 1.807) is 38.1 Å². The van der Waals surface area contributed by atoms with Crippen LogP contribution >= 0.6 is 0 Å². The normalized spacial score (nSPS) is 11.7. The van der Waals surface area contributed by atoms with Crippen LogP contribution in [0.4, 0.5) is 0 Å². The topological polar surface area (TPSA) is 115 Å². The summed E-state index contributed by atoms with van der Waals surface area (Å²) in [5.74, 6) is -0.225. The molecule has 2 rings (SSSR count). The van der Waals surface area contributed by atoms with Gasteiger partial charge >= 0.3 is 5.97 Å². The number of aliphatic carboxylic acids is 1. The van der Waals surface area contributed by atoms with Gasteiger partial charge in [0.15, 0.2) is 6.61 Å². The maximum Gasteiger partial charge on any atom is 0.305 e. The van der Waals surface area contributed by atoms with Crippen molar-refractivity contribution in [3.05, 3.63) is 41.5 Å². The molecule has 8 nitrogen and oxygen atoms in total. The fraction of sp³-hybridized carbons (Fsp3) is 0.333. The highest BCUT2D eigenvalue weighted by Crippen LogP contribution is 2.19. The fourth-order valence-electron chi connectivity index (χ4n) is 1.94. The number of benzene rings is 1. The Morgan fingerprint density at radius 3 is 2.78 bits per heavy atom. The predicted octanol–water partition coefficient (Wildman–Crippen LogP) is 1.55. The van der Waals surface area contributed by atoms with Gasteiger partial charge in [0.1, 0.15) is 5.75 Å². The molecule has 0 saturated carbocycles. The van der Waals surface area contributed by atoms with Crippen molar-refractivity contribution < 1.29 is 24.0 Å². The van der Waals surface area contributed by atoms with Gasteiger partial charge in [-0.1, -0.05) is 17.3 Å². The summed E-state index contributed by atoms with van der Waals surface area (Å²) in [4.78, 5) is 26.9. The van der Waals surface area contributed by atoms with Gasteiger partial charge in [-0.25, -0.2) is 0 Å². The molecule has 1 atom stereocenters. The number of ether oxygens (including phenoxy) is 1. The number of nitrogens with zero attached hydrogens (tertiary/aromatic N) is 2. The summed E-state index contributed by atoms with van der Waals surface area (Å²) < 4.78 is 10.4. The Hall–Kier alpha value is -2.90. The van der Waals surface area contributed by atoms with E-state index in [2.05, 4.69) is 15.5 Å². The van der Waals surface area contributed by atoms with Gasteiger partial charge in [0.2, 0.25) is 11.7 Å². The second-order valence-corrected chi connectivity index (χ2v) is 4.99. The number of amides is 1. The molecule has 0 fully saturated rings. The van der Waals surface area contributed by atoms with E-state index in [0.29, 0.717) is 23.0 Å². The molecule has 8 heteroatoms. The molecule has 0 bridgehead atoms. The van der Waals surface area contributed by atoms with Crippen molar-refractivity contribution in [3.63, 3.8) is 0 Å². The Morgan fingerprint density at radius 2 is 2.13 bits per heavy atom. The van der Waals surface area contributed by atoms with E-state index in [-0.39, 0.29) is 13.0 Å². The number of nitrogens with one attached hydrogen (secondary N) is 1. The summed E-state index contributed by atoms with van der Waals surface area (Å²) in [5, 5.41) is 15.1. The first-order chi connectivity index (χ1) is 11.0. The summed E-state index contributed by atoms with van der Waals surface area (Å²) in [6.45, 7) is 3.35. The van der Waals surface area contributed by atoms with Crippen molar-refractivity contribution in [2.24, 2.45) is 0 Å². The van der Waals surface area contributed by atoms with Gasteiger partial charge < -0.3 is 19.7 Å². The molecule has 0 aliphatic heterocycles. The maximum atomic E-state index is 12.2. The fourth-order valence-corrected chi connectivity index (χ4v) is 1.94. The summed E-state index contributed by atoms with van der Waals surface area (Å²) in [6, 6.07) is 6.17. The van der Waals surface area contributed by atoms with Crippen LogP contribution in [0.3, 0.4) is 0 Å². The van der Waals surface area contributed by atoms with Crippen molar-refractivity contribution in [1.82, 2.24) is 15.5 Å². The number of hydrogen-bond acceptors (Lipinski definition) is 6. The van der Waals surface area contributed by atoms with Crippen molar-refractivity contribution in [3.8, 4) is 5.75 Å². The Bertz CT molecular complexity index is 698. The van der Waals surface area contributed by atoms with Crippen LogP contribution in [0.25, 0.3) is 0 Å². The molecule has 23 heavy (non-hydrogen) atoms. The molecule has 0 aliphatic rings. The molecule has 0 saturated heterocycles. The summed E-state index contributed by atoms with van der Waals surface area (Å²) in [7, 11) is 0. The first kappa shape index (κ1) is 16.5. The maximum absolute atomic E-state index is 12.2. The number of carbonyl (C=O) groups excluding carboxylic acids is 1. The number of para-hydroxylation sites is 1. The zero-order valence-electron chi connectivity index (χ0n) is 12.8. The van der Waals surface area contributed by atoms with Gasteiger partial charge in [-0.15, -0.1) is 0 Å². The van der Waals surface area contributed by atoms with Gasteiger partial charge in [-0.3, -0.25) is 9.59 Å². The standard InChI is InChI=1S/C15H17N3O5/c1-9(7-14(19)20)16-15(21)11-5-3-4-6-12(11)22-8-13-17-10(2)23-18-13/h3-6,9H,7-8H2,1-2H3,(H,16,21)(H,19,20). The van der Waals surface area contributed by atoms with Crippen LogP contribution < -0.4 is 10.1 Å². The highest BCUT2D eigenvalue weighted by molar-refractivity contribution is 5.97. The average molecular weight is 319 g/mol. The van der Waals surface area contributed by atoms with E-state index in [1.165, 1.54) is 0 Å². The zero-order chi connectivity index (χ0) is 16.8. The summed E-state index contributed by atoms with van der Waals surface area (Å²) in [6.07, 6.45) is -0.156. The van der Waals surface area contributed by atoms with Crippen LogP contribution in [0.1, 0.15) is 35.4 Å². The number of aromatic nitrogens is 2. The molecule has 1 aromatic carbocycles. The average Bonchev–Trinajstić information content (AvgIpc) is 2.90. The largest absolute Gasteiger partial charge is 0.485 e. The lowest BCUT2D eigenvalue weighted by Crippen LogP contribution is -2.34. The molecular weight excluding hydrogens is 302 g/mol. The van der Waals surface area contributed by atoms with Gasteiger partial charge in [-0.05, 0) is 19.1 Å². The van der Waals surface area contributed by atoms with Gasteiger partial charge in [0.05, 0.1) is 12.0 Å². The Balaban J connectivity index is 2.04. The molecule has 0 spiro atoms. The van der Waals surface area contributed by atoms with E-state index < -0.39 is 17.9 Å². The predicted molar refractivity (Wildman–Crippen MR) is 79.0 cm³/mol. The molecule has 1 aromatic heterocycles. The quantitative estimate of drug-likeness (QED) is 0.795. The monoisotopic (exact) mass is 319 g/mol.